The Morgan fingerprint density at radius 2 is 2.56 bits per heavy atom. The van der Waals surface area contributed by atoms with Crippen LogP contribution in [0.25, 0.3) is 0 Å². The summed E-state index contributed by atoms with van der Waals surface area (Å²) in [6, 6.07) is -0.472. The Balaban J connectivity index is 2.77. The van der Waals surface area contributed by atoms with Gasteiger partial charge in [-0.2, -0.15) is 0 Å². The van der Waals surface area contributed by atoms with E-state index in [0.717, 1.165) is 4.68 Å². The number of nitrogens with zero attached hydrogens (tertiary/aromatic N) is 5. The van der Waals surface area contributed by atoms with Crippen molar-refractivity contribution in [1.29, 1.82) is 0 Å². The van der Waals surface area contributed by atoms with Crippen molar-refractivity contribution in [3.8, 4) is 0 Å². The quantitative estimate of drug-likeness (QED) is 0.412. The molecule has 6 nitrogen and oxygen atoms in total. The Morgan fingerprint density at radius 3 is 3.00 bits per heavy atom. The molecule has 1 aromatic rings. The highest BCUT2D eigenvalue weighted by atomic mass is 16.2. The standard InChI is InChI=1S/C3H4N5O/c1-4-3(9)8-2-5-6-7-8/h2H,1H3. The molecule has 0 fully saturated rings. The van der Waals surface area contributed by atoms with E-state index < -0.39 is 6.03 Å². The molecule has 0 saturated carbocycles. The molecule has 0 saturated heterocycles. The van der Waals surface area contributed by atoms with Crippen molar-refractivity contribution in [2.45, 2.75) is 0 Å². The van der Waals surface area contributed by atoms with Crippen molar-refractivity contribution in [2.75, 3.05) is 7.05 Å². The van der Waals surface area contributed by atoms with E-state index in [2.05, 4.69) is 20.8 Å². The number of hydrogen-bond donors (Lipinski definition) is 0. The summed E-state index contributed by atoms with van der Waals surface area (Å²) < 4.78 is 0.944. The first-order valence-electron chi connectivity index (χ1n) is 2.21. The number of tetrazole rings is 1. The van der Waals surface area contributed by atoms with Crippen LogP contribution in [0.1, 0.15) is 0 Å². The summed E-state index contributed by atoms with van der Waals surface area (Å²) in [5, 5.41) is 13.1. The van der Waals surface area contributed by atoms with Gasteiger partial charge in [0.1, 0.15) is 6.33 Å². The summed E-state index contributed by atoms with van der Waals surface area (Å²) in [5.74, 6) is 0. The van der Waals surface area contributed by atoms with Gasteiger partial charge in [0.15, 0.2) is 0 Å². The van der Waals surface area contributed by atoms with Crippen LogP contribution in [0.15, 0.2) is 6.33 Å². The van der Waals surface area contributed by atoms with Crippen LogP contribution >= 0.6 is 0 Å². The molecule has 47 valence electrons. The Hall–Kier alpha value is -1.46. The lowest BCUT2D eigenvalue weighted by atomic mass is 11.0. The van der Waals surface area contributed by atoms with E-state index in [1.54, 1.807) is 0 Å². The maximum absolute atomic E-state index is 10.5. The van der Waals surface area contributed by atoms with Gasteiger partial charge in [-0.3, -0.25) is 0 Å². The van der Waals surface area contributed by atoms with Gasteiger partial charge < -0.3 is 0 Å². The highest BCUT2D eigenvalue weighted by molar-refractivity contribution is 5.74. The fourth-order valence-corrected chi connectivity index (χ4v) is 0.351. The molecule has 1 heterocycles. The van der Waals surface area contributed by atoms with Crippen molar-refractivity contribution in [1.82, 2.24) is 25.5 Å². The lowest BCUT2D eigenvalue weighted by molar-refractivity contribution is 0.240. The number of amides is 1. The molecular weight excluding hydrogens is 122 g/mol. The lowest BCUT2D eigenvalue weighted by Gasteiger charge is -1.88. The molecule has 1 radical (unpaired) electrons. The Morgan fingerprint density at radius 1 is 1.78 bits per heavy atom. The van der Waals surface area contributed by atoms with E-state index in [-0.39, 0.29) is 0 Å². The third-order valence-corrected chi connectivity index (χ3v) is 0.736. The SMILES string of the molecule is C[N]C(=O)n1cnnn1. The summed E-state index contributed by atoms with van der Waals surface area (Å²) in [6.07, 6.45) is 1.19. The van der Waals surface area contributed by atoms with Gasteiger partial charge in [-0.1, -0.05) is 0 Å². The van der Waals surface area contributed by atoms with E-state index in [1.807, 2.05) is 0 Å². The van der Waals surface area contributed by atoms with Crippen molar-refractivity contribution >= 4 is 6.03 Å². The largest absolute Gasteiger partial charge is 0.366 e. The van der Waals surface area contributed by atoms with Gasteiger partial charge >= 0.3 is 6.03 Å². The molecule has 1 amide bonds. The first kappa shape index (κ1) is 5.67. The van der Waals surface area contributed by atoms with E-state index >= 15 is 0 Å². The smallest absolute Gasteiger partial charge is 0.244 e. The van der Waals surface area contributed by atoms with Gasteiger partial charge in [-0.15, -0.1) is 9.78 Å². The molecule has 0 atom stereocenters. The van der Waals surface area contributed by atoms with E-state index in [1.165, 1.54) is 13.4 Å². The predicted molar refractivity (Wildman–Crippen MR) is 26.7 cm³/mol. The minimum Gasteiger partial charge on any atom is -0.244 e. The number of hydrogen-bond acceptors (Lipinski definition) is 4. The number of carbonyl (C=O) groups excluding carboxylic acids is 1. The molecule has 1 rings (SSSR count). The molecule has 0 aliphatic carbocycles. The zero-order valence-corrected chi connectivity index (χ0v) is 4.72. The molecule has 0 aliphatic heterocycles. The van der Waals surface area contributed by atoms with E-state index in [9.17, 15) is 4.79 Å². The highest BCUT2D eigenvalue weighted by Crippen LogP contribution is 1.74. The Kier molecular flexibility index (Phi) is 1.39. The van der Waals surface area contributed by atoms with Crippen LogP contribution in [0.5, 0.6) is 0 Å². The number of aromatic nitrogens is 4. The van der Waals surface area contributed by atoms with Gasteiger partial charge in [0.05, 0.1) is 0 Å². The van der Waals surface area contributed by atoms with Crippen LogP contribution in [0, 0.1) is 0 Å². The minimum atomic E-state index is -0.472. The summed E-state index contributed by atoms with van der Waals surface area (Å²) in [7, 11) is 1.38. The van der Waals surface area contributed by atoms with Crippen LogP contribution in [0.4, 0.5) is 4.79 Å². The van der Waals surface area contributed by atoms with Gasteiger partial charge in [0.25, 0.3) is 0 Å². The van der Waals surface area contributed by atoms with Crippen LogP contribution < -0.4 is 5.32 Å². The zero-order chi connectivity index (χ0) is 6.69. The van der Waals surface area contributed by atoms with Crippen molar-refractivity contribution < 1.29 is 4.79 Å². The zero-order valence-electron chi connectivity index (χ0n) is 4.72. The van der Waals surface area contributed by atoms with Crippen LogP contribution in [-0.2, 0) is 0 Å². The Labute approximate surface area is 50.9 Å². The molecule has 9 heavy (non-hydrogen) atoms. The highest BCUT2D eigenvalue weighted by Gasteiger charge is 2.00. The average Bonchev–Trinajstić information content (AvgIpc) is 2.37. The third kappa shape index (κ3) is 1.01. The second kappa shape index (κ2) is 2.21. The van der Waals surface area contributed by atoms with E-state index in [0.29, 0.717) is 0 Å². The fraction of sp³-hybridized carbons (Fsp3) is 0.333. The maximum Gasteiger partial charge on any atom is 0.366 e. The number of carbonyl (C=O) groups is 1. The molecule has 0 aliphatic rings. The normalized spacial score (nSPS) is 9.00. The Bertz CT molecular complexity index is 192. The lowest BCUT2D eigenvalue weighted by Crippen LogP contribution is -2.18. The van der Waals surface area contributed by atoms with Gasteiger partial charge in [0.2, 0.25) is 0 Å². The summed E-state index contributed by atoms with van der Waals surface area (Å²) in [5.41, 5.74) is 0. The van der Waals surface area contributed by atoms with Crippen molar-refractivity contribution in [2.24, 2.45) is 0 Å². The third-order valence-electron chi connectivity index (χ3n) is 0.736. The molecule has 0 bridgehead atoms. The molecule has 6 heteroatoms. The van der Waals surface area contributed by atoms with Crippen LogP contribution in [0.2, 0.25) is 0 Å². The van der Waals surface area contributed by atoms with Crippen LogP contribution in [-0.4, -0.2) is 33.3 Å². The van der Waals surface area contributed by atoms with Gasteiger partial charge in [-0.25, -0.2) is 10.1 Å². The average molecular weight is 126 g/mol. The van der Waals surface area contributed by atoms with Gasteiger partial charge in [0, 0.05) is 7.05 Å². The maximum atomic E-state index is 10.5. The molecule has 0 unspecified atom stereocenters. The fourth-order valence-electron chi connectivity index (χ4n) is 0.351. The summed E-state index contributed by atoms with van der Waals surface area (Å²) in [4.78, 5) is 10.5. The van der Waals surface area contributed by atoms with Gasteiger partial charge in [-0.05, 0) is 10.4 Å². The number of rotatable bonds is 0. The molecule has 1 aromatic heterocycles. The minimum absolute atomic E-state index is 0.472. The first-order chi connectivity index (χ1) is 4.34. The second-order valence-corrected chi connectivity index (χ2v) is 1.26. The molecule has 0 spiro atoms. The molecular formula is C3H4N5O. The summed E-state index contributed by atoms with van der Waals surface area (Å²) >= 11 is 0. The monoisotopic (exact) mass is 126 g/mol. The van der Waals surface area contributed by atoms with E-state index in [4.69, 9.17) is 0 Å². The first-order valence-corrected chi connectivity index (χ1v) is 2.21. The molecule has 0 aromatic carbocycles. The van der Waals surface area contributed by atoms with Crippen molar-refractivity contribution in [3.63, 3.8) is 0 Å². The topological polar surface area (TPSA) is 74.8 Å². The van der Waals surface area contributed by atoms with Crippen molar-refractivity contribution in [3.05, 3.63) is 6.33 Å². The summed E-state index contributed by atoms with van der Waals surface area (Å²) in [6.45, 7) is 0. The predicted octanol–water partition coefficient (Wildman–Crippen LogP) is -1.12. The van der Waals surface area contributed by atoms with Crippen LogP contribution in [0.3, 0.4) is 0 Å². The second-order valence-electron chi connectivity index (χ2n) is 1.26. The molecule has 0 N–H and O–H groups in total.